The van der Waals surface area contributed by atoms with Gasteiger partial charge in [-0.25, -0.2) is 9.97 Å². The normalized spacial score (nSPS) is 12.8. The number of thiophene rings is 1. The maximum absolute atomic E-state index is 13.7. The number of anilines is 2. The van der Waals surface area contributed by atoms with E-state index in [0.717, 1.165) is 54.0 Å². The summed E-state index contributed by atoms with van der Waals surface area (Å²) in [5, 5.41) is 5.90. The summed E-state index contributed by atoms with van der Waals surface area (Å²) in [6.07, 6.45) is -1.26. The molecule has 0 saturated heterocycles. The van der Waals surface area contributed by atoms with Gasteiger partial charge in [-0.2, -0.15) is 13.2 Å². The molecule has 1 aliphatic carbocycles. The fraction of sp³-hybridized carbons (Fsp3) is 0.267. The maximum atomic E-state index is 13.7. The third-order valence-corrected chi connectivity index (χ3v) is 8.75. The fourth-order valence-corrected chi connectivity index (χ4v) is 6.64. The third-order valence-electron chi connectivity index (χ3n) is 6.69. The number of methoxy groups -OCH3 is 2. The number of carbonyl (C=O) groups is 2. The number of halogens is 3. The second-order valence-corrected chi connectivity index (χ2v) is 11.6. The minimum atomic E-state index is -4.73. The van der Waals surface area contributed by atoms with Gasteiger partial charge >= 0.3 is 6.18 Å². The van der Waals surface area contributed by atoms with Crippen molar-refractivity contribution in [1.82, 2.24) is 9.97 Å². The van der Waals surface area contributed by atoms with Crippen molar-refractivity contribution in [3.05, 3.63) is 76.3 Å². The molecule has 2 amide bonds. The van der Waals surface area contributed by atoms with Gasteiger partial charge in [0.15, 0.2) is 16.7 Å². The Morgan fingerprint density at radius 3 is 2.42 bits per heavy atom. The third kappa shape index (κ3) is 7.11. The molecule has 2 heterocycles. The molecule has 1 aliphatic rings. The van der Waals surface area contributed by atoms with Crippen molar-refractivity contribution < 1.29 is 32.2 Å². The number of ether oxygens (including phenoxy) is 2. The molecule has 0 atom stereocenters. The number of para-hydroxylation sites is 1. The van der Waals surface area contributed by atoms with Crippen LogP contribution in [0.1, 0.15) is 39.3 Å². The number of nitrogens with zero attached hydrogens (tertiary/aromatic N) is 2. The highest BCUT2D eigenvalue weighted by atomic mass is 32.2. The van der Waals surface area contributed by atoms with Crippen LogP contribution in [0, 0.1) is 0 Å². The predicted octanol–water partition coefficient (Wildman–Crippen LogP) is 7.10. The average molecular weight is 629 g/mol. The molecule has 0 radical (unpaired) electrons. The Morgan fingerprint density at radius 1 is 0.953 bits per heavy atom. The molecule has 2 N–H and O–H groups in total. The van der Waals surface area contributed by atoms with Crippen molar-refractivity contribution in [3.8, 4) is 22.8 Å². The van der Waals surface area contributed by atoms with E-state index in [1.165, 1.54) is 31.6 Å². The van der Waals surface area contributed by atoms with Gasteiger partial charge in [0.1, 0.15) is 10.7 Å². The molecule has 0 bridgehead atoms. The van der Waals surface area contributed by atoms with Crippen LogP contribution in [0.25, 0.3) is 11.3 Å². The van der Waals surface area contributed by atoms with E-state index in [0.29, 0.717) is 33.3 Å². The molecule has 2 aromatic heterocycles. The number of aromatic nitrogens is 2. The van der Waals surface area contributed by atoms with Crippen LogP contribution in [0.5, 0.6) is 11.5 Å². The molecule has 2 aromatic carbocycles. The Balaban J connectivity index is 1.37. The highest BCUT2D eigenvalue weighted by molar-refractivity contribution is 7.99. The van der Waals surface area contributed by atoms with Crippen LogP contribution in [0.3, 0.4) is 0 Å². The molecular weight excluding hydrogens is 601 g/mol. The second kappa shape index (κ2) is 13.0. The van der Waals surface area contributed by atoms with Gasteiger partial charge in [0.25, 0.3) is 5.91 Å². The van der Waals surface area contributed by atoms with Gasteiger partial charge in [-0.3, -0.25) is 9.59 Å². The summed E-state index contributed by atoms with van der Waals surface area (Å²) in [6, 6.07) is 14.5. The van der Waals surface area contributed by atoms with Crippen LogP contribution in [0.2, 0.25) is 0 Å². The minimum absolute atomic E-state index is 0.0111. The van der Waals surface area contributed by atoms with E-state index in [2.05, 4.69) is 20.6 Å². The zero-order chi connectivity index (χ0) is 30.6. The highest BCUT2D eigenvalue weighted by Gasteiger charge is 2.34. The first kappa shape index (κ1) is 30.4. The lowest BCUT2D eigenvalue weighted by Crippen LogP contribution is -2.19. The highest BCUT2D eigenvalue weighted by Crippen LogP contribution is 2.39. The number of amides is 2. The van der Waals surface area contributed by atoms with Gasteiger partial charge in [0, 0.05) is 16.1 Å². The summed E-state index contributed by atoms with van der Waals surface area (Å²) < 4.78 is 51.7. The van der Waals surface area contributed by atoms with Crippen molar-refractivity contribution in [2.75, 3.05) is 30.6 Å². The van der Waals surface area contributed by atoms with Crippen molar-refractivity contribution in [2.24, 2.45) is 0 Å². The molecule has 5 rings (SSSR count). The zero-order valence-electron chi connectivity index (χ0n) is 23.2. The molecule has 0 unspecified atom stereocenters. The lowest BCUT2D eigenvalue weighted by atomic mass is 9.95. The molecule has 0 saturated carbocycles. The Morgan fingerprint density at radius 2 is 1.70 bits per heavy atom. The lowest BCUT2D eigenvalue weighted by Gasteiger charge is -2.13. The molecular formula is C30H27F3N4O4S2. The van der Waals surface area contributed by atoms with Crippen molar-refractivity contribution in [1.29, 1.82) is 0 Å². The monoisotopic (exact) mass is 628 g/mol. The summed E-state index contributed by atoms with van der Waals surface area (Å²) in [6.45, 7) is 0. The number of nitrogens with one attached hydrogen (secondary N) is 2. The Bertz CT molecular complexity index is 1640. The SMILES string of the molecule is COc1ccc(-c2cc(C(F)(F)F)nc(SCC(=O)Nc3sc4c(c3C(=O)Nc3ccccc3)CCCC4)n2)cc1OC. The first-order valence-corrected chi connectivity index (χ1v) is 15.1. The van der Waals surface area contributed by atoms with Crippen molar-refractivity contribution in [2.45, 2.75) is 37.0 Å². The first-order chi connectivity index (χ1) is 20.7. The summed E-state index contributed by atoms with van der Waals surface area (Å²) in [5.74, 6) is -0.351. The van der Waals surface area contributed by atoms with E-state index >= 15 is 0 Å². The van der Waals surface area contributed by atoms with Gasteiger partial charge in [-0.05, 0) is 67.6 Å². The van der Waals surface area contributed by atoms with Crippen molar-refractivity contribution >= 4 is 45.6 Å². The molecule has 0 aliphatic heterocycles. The molecule has 0 spiro atoms. The number of aryl methyl sites for hydroxylation is 1. The quantitative estimate of drug-likeness (QED) is 0.151. The van der Waals surface area contributed by atoms with Crippen LogP contribution >= 0.6 is 23.1 Å². The number of carbonyl (C=O) groups excluding carboxylic acids is 2. The maximum Gasteiger partial charge on any atom is 0.433 e. The summed E-state index contributed by atoms with van der Waals surface area (Å²) in [7, 11) is 2.87. The summed E-state index contributed by atoms with van der Waals surface area (Å²) in [4.78, 5) is 35.4. The van der Waals surface area contributed by atoms with Gasteiger partial charge in [0.05, 0.1) is 31.2 Å². The Labute approximate surface area is 254 Å². The molecule has 0 fully saturated rings. The molecule has 224 valence electrons. The number of alkyl halides is 3. The smallest absolute Gasteiger partial charge is 0.433 e. The van der Waals surface area contributed by atoms with Crippen LogP contribution in [0.15, 0.2) is 59.8 Å². The number of benzene rings is 2. The average Bonchev–Trinajstić information content (AvgIpc) is 3.37. The zero-order valence-corrected chi connectivity index (χ0v) is 24.8. The van der Waals surface area contributed by atoms with E-state index in [4.69, 9.17) is 9.47 Å². The van der Waals surface area contributed by atoms with Gasteiger partial charge in [-0.15, -0.1) is 11.3 Å². The fourth-order valence-electron chi connectivity index (χ4n) is 4.68. The summed E-state index contributed by atoms with van der Waals surface area (Å²) in [5.41, 5.74) is 1.21. The number of rotatable bonds is 9. The molecule has 8 nitrogen and oxygen atoms in total. The van der Waals surface area contributed by atoms with Crippen LogP contribution in [-0.4, -0.2) is 41.8 Å². The number of hydrogen-bond donors (Lipinski definition) is 2. The van der Waals surface area contributed by atoms with E-state index in [9.17, 15) is 22.8 Å². The minimum Gasteiger partial charge on any atom is -0.493 e. The molecule has 43 heavy (non-hydrogen) atoms. The molecule has 13 heteroatoms. The summed E-state index contributed by atoms with van der Waals surface area (Å²) >= 11 is 2.13. The number of hydrogen-bond acceptors (Lipinski definition) is 8. The van der Waals surface area contributed by atoms with Crippen LogP contribution in [-0.2, 0) is 23.8 Å². The first-order valence-electron chi connectivity index (χ1n) is 13.3. The van der Waals surface area contributed by atoms with E-state index < -0.39 is 17.8 Å². The van der Waals surface area contributed by atoms with Gasteiger partial charge < -0.3 is 20.1 Å². The predicted molar refractivity (Wildman–Crippen MR) is 160 cm³/mol. The standard InChI is InChI=1S/C30H27F3N4O4S2/c1-40-21-13-12-17(14-22(21)41-2)20-15-24(30(31,32)33)36-29(35-20)42-16-25(38)37-28-26(19-10-6-7-11-23(19)43-28)27(39)34-18-8-4-3-5-9-18/h3-5,8-9,12-15H,6-7,10-11,16H2,1-2H3,(H,34,39)(H,37,38). The van der Waals surface area contributed by atoms with Crippen molar-refractivity contribution in [3.63, 3.8) is 0 Å². The van der Waals surface area contributed by atoms with E-state index in [-0.39, 0.29) is 22.5 Å². The van der Waals surface area contributed by atoms with Gasteiger partial charge in [0.2, 0.25) is 5.91 Å². The number of thioether (sulfide) groups is 1. The van der Waals surface area contributed by atoms with E-state index in [1.807, 2.05) is 18.2 Å². The van der Waals surface area contributed by atoms with E-state index in [1.54, 1.807) is 24.3 Å². The number of fused-ring (bicyclic) bond motifs is 1. The second-order valence-electron chi connectivity index (χ2n) is 9.56. The Kier molecular flexibility index (Phi) is 9.21. The molecule has 4 aromatic rings. The van der Waals surface area contributed by atoms with Crippen LogP contribution in [0.4, 0.5) is 23.9 Å². The van der Waals surface area contributed by atoms with Crippen LogP contribution < -0.4 is 20.1 Å². The lowest BCUT2D eigenvalue weighted by molar-refractivity contribution is -0.141. The topological polar surface area (TPSA) is 102 Å². The van der Waals surface area contributed by atoms with Gasteiger partial charge in [-0.1, -0.05) is 30.0 Å². The Hall–Kier alpha value is -4.10. The largest absolute Gasteiger partial charge is 0.493 e.